The van der Waals surface area contributed by atoms with Crippen molar-refractivity contribution in [3.05, 3.63) is 22.3 Å². The summed E-state index contributed by atoms with van der Waals surface area (Å²) in [5.41, 5.74) is 1.31. The monoisotopic (exact) mass is 341 g/mol. The highest BCUT2D eigenvalue weighted by molar-refractivity contribution is 9.10. The molecule has 0 saturated heterocycles. The Morgan fingerprint density at radius 1 is 1.25 bits per heavy atom. The molecule has 0 saturated carbocycles. The van der Waals surface area contributed by atoms with E-state index in [0.717, 1.165) is 23.4 Å². The molecular weight excluding hydrogens is 314 g/mol. The number of pyridine rings is 1. The minimum absolute atomic E-state index is 0.106. The third kappa shape index (κ3) is 6.23. The first kappa shape index (κ1) is 17.4. The van der Waals surface area contributed by atoms with E-state index in [9.17, 15) is 0 Å². The second-order valence-corrected chi connectivity index (χ2v) is 7.24. The van der Waals surface area contributed by atoms with Crippen LogP contribution in [-0.4, -0.2) is 17.1 Å². The lowest BCUT2D eigenvalue weighted by Crippen LogP contribution is -2.35. The summed E-state index contributed by atoms with van der Waals surface area (Å²) in [6.07, 6.45) is 4.26. The zero-order chi connectivity index (χ0) is 15.2. The first-order valence-corrected chi connectivity index (χ1v) is 8.28. The third-order valence-electron chi connectivity index (χ3n) is 3.46. The molecule has 0 fully saturated rings. The van der Waals surface area contributed by atoms with Crippen LogP contribution in [-0.2, 0) is 6.54 Å². The van der Waals surface area contributed by atoms with Crippen LogP contribution in [0, 0.1) is 5.92 Å². The second-order valence-electron chi connectivity index (χ2n) is 6.33. The van der Waals surface area contributed by atoms with E-state index in [0.29, 0.717) is 5.92 Å². The van der Waals surface area contributed by atoms with Crippen molar-refractivity contribution in [2.45, 2.75) is 59.5 Å². The van der Waals surface area contributed by atoms with E-state index >= 15 is 0 Å². The van der Waals surface area contributed by atoms with Crippen molar-refractivity contribution < 1.29 is 0 Å². The molecule has 0 amide bonds. The molecule has 20 heavy (non-hydrogen) atoms. The van der Waals surface area contributed by atoms with Crippen molar-refractivity contribution in [2.75, 3.05) is 11.9 Å². The summed E-state index contributed by atoms with van der Waals surface area (Å²) in [6.45, 7) is 12.8. The molecule has 1 aromatic heterocycles. The van der Waals surface area contributed by atoms with E-state index in [4.69, 9.17) is 0 Å². The Kier molecular flexibility index (Phi) is 6.96. The maximum Gasteiger partial charge on any atom is 0.130 e. The molecule has 0 radical (unpaired) electrons. The first-order chi connectivity index (χ1) is 9.35. The predicted octanol–water partition coefficient (Wildman–Crippen LogP) is 4.58. The van der Waals surface area contributed by atoms with Crippen molar-refractivity contribution >= 4 is 21.7 Å². The number of nitrogens with one attached hydrogen (secondary N) is 2. The van der Waals surface area contributed by atoms with Crippen molar-refractivity contribution in [1.82, 2.24) is 10.3 Å². The Hall–Kier alpha value is -0.610. The van der Waals surface area contributed by atoms with Crippen LogP contribution in [0.15, 0.2) is 16.7 Å². The Morgan fingerprint density at radius 2 is 1.90 bits per heavy atom. The van der Waals surface area contributed by atoms with E-state index in [-0.39, 0.29) is 5.54 Å². The topological polar surface area (TPSA) is 37.0 Å². The number of nitrogens with zero attached hydrogens (tertiary/aromatic N) is 1. The lowest BCUT2D eigenvalue weighted by atomic mass is 10.0. The molecule has 0 aromatic carbocycles. The number of anilines is 1. The Balaban J connectivity index is 2.74. The molecule has 0 aliphatic heterocycles. The molecule has 3 nitrogen and oxygen atoms in total. The fraction of sp³-hybridized carbons (Fsp3) is 0.688. The molecule has 4 heteroatoms. The molecule has 0 bridgehead atoms. The van der Waals surface area contributed by atoms with Gasteiger partial charge in [-0.15, -0.1) is 0 Å². The van der Waals surface area contributed by atoms with Gasteiger partial charge >= 0.3 is 0 Å². The molecule has 0 aliphatic rings. The first-order valence-electron chi connectivity index (χ1n) is 7.49. The SMILES string of the molecule is CCC(CC)CNc1ncc(Br)cc1CNC(C)(C)C. The highest BCUT2D eigenvalue weighted by Gasteiger charge is 2.12. The van der Waals surface area contributed by atoms with Crippen LogP contribution in [0.25, 0.3) is 0 Å². The summed E-state index contributed by atoms with van der Waals surface area (Å²) in [5, 5.41) is 7.03. The van der Waals surface area contributed by atoms with Gasteiger partial charge in [-0.05, 0) is 48.7 Å². The summed E-state index contributed by atoms with van der Waals surface area (Å²) < 4.78 is 1.02. The highest BCUT2D eigenvalue weighted by Crippen LogP contribution is 2.20. The van der Waals surface area contributed by atoms with Gasteiger partial charge in [-0.25, -0.2) is 4.98 Å². The fourth-order valence-corrected chi connectivity index (χ4v) is 2.33. The van der Waals surface area contributed by atoms with Gasteiger partial charge in [0, 0.05) is 34.9 Å². The number of rotatable bonds is 7. The Labute approximate surface area is 132 Å². The van der Waals surface area contributed by atoms with Crippen molar-refractivity contribution in [3.8, 4) is 0 Å². The van der Waals surface area contributed by atoms with Crippen LogP contribution in [0.4, 0.5) is 5.82 Å². The molecule has 0 spiro atoms. The second kappa shape index (κ2) is 7.99. The van der Waals surface area contributed by atoms with Gasteiger partial charge in [0.2, 0.25) is 0 Å². The minimum Gasteiger partial charge on any atom is -0.370 e. The van der Waals surface area contributed by atoms with Crippen LogP contribution in [0.2, 0.25) is 0 Å². The van der Waals surface area contributed by atoms with Crippen LogP contribution in [0.5, 0.6) is 0 Å². The standard InChI is InChI=1S/C16H28BrN3/c1-6-12(7-2)9-18-15-13(8-14(17)11-19-15)10-20-16(3,4)5/h8,11-12,20H,6-7,9-10H2,1-5H3,(H,18,19). The lowest BCUT2D eigenvalue weighted by Gasteiger charge is -2.22. The average Bonchev–Trinajstić information content (AvgIpc) is 2.38. The molecule has 0 aliphatic carbocycles. The molecule has 1 aromatic rings. The van der Waals surface area contributed by atoms with E-state index in [1.165, 1.54) is 18.4 Å². The number of halogens is 1. The van der Waals surface area contributed by atoms with Crippen molar-refractivity contribution in [1.29, 1.82) is 0 Å². The average molecular weight is 342 g/mol. The van der Waals surface area contributed by atoms with Gasteiger partial charge in [-0.3, -0.25) is 0 Å². The number of hydrogen-bond donors (Lipinski definition) is 2. The molecular formula is C16H28BrN3. The molecule has 0 atom stereocenters. The predicted molar refractivity (Wildman–Crippen MR) is 91.1 cm³/mol. The largest absolute Gasteiger partial charge is 0.370 e. The van der Waals surface area contributed by atoms with Gasteiger partial charge in [0.25, 0.3) is 0 Å². The van der Waals surface area contributed by atoms with Crippen LogP contribution in [0.1, 0.15) is 53.0 Å². The van der Waals surface area contributed by atoms with Crippen molar-refractivity contribution in [2.24, 2.45) is 5.92 Å². The lowest BCUT2D eigenvalue weighted by molar-refractivity contribution is 0.424. The smallest absolute Gasteiger partial charge is 0.130 e. The normalized spacial score (nSPS) is 11.9. The Morgan fingerprint density at radius 3 is 2.45 bits per heavy atom. The minimum atomic E-state index is 0.106. The fourth-order valence-electron chi connectivity index (χ4n) is 1.95. The third-order valence-corrected chi connectivity index (χ3v) is 3.89. The summed E-state index contributed by atoms with van der Waals surface area (Å²) in [4.78, 5) is 4.52. The molecule has 0 unspecified atom stereocenters. The molecule has 1 heterocycles. The quantitative estimate of drug-likeness (QED) is 0.762. The summed E-state index contributed by atoms with van der Waals surface area (Å²) in [5.74, 6) is 1.71. The zero-order valence-electron chi connectivity index (χ0n) is 13.4. The van der Waals surface area contributed by atoms with Gasteiger partial charge in [0.05, 0.1) is 0 Å². The van der Waals surface area contributed by atoms with E-state index in [2.05, 4.69) is 72.2 Å². The van der Waals surface area contributed by atoms with Crippen LogP contribution >= 0.6 is 15.9 Å². The maximum atomic E-state index is 4.52. The van der Waals surface area contributed by atoms with E-state index in [1.54, 1.807) is 0 Å². The number of hydrogen-bond acceptors (Lipinski definition) is 3. The maximum absolute atomic E-state index is 4.52. The van der Waals surface area contributed by atoms with E-state index in [1.807, 2.05) is 6.20 Å². The van der Waals surface area contributed by atoms with Crippen LogP contribution in [0.3, 0.4) is 0 Å². The highest BCUT2D eigenvalue weighted by atomic mass is 79.9. The van der Waals surface area contributed by atoms with Gasteiger partial charge in [-0.2, -0.15) is 0 Å². The summed E-state index contributed by atoms with van der Waals surface area (Å²) in [7, 11) is 0. The van der Waals surface area contributed by atoms with Gasteiger partial charge in [0.15, 0.2) is 0 Å². The molecule has 1 rings (SSSR count). The summed E-state index contributed by atoms with van der Waals surface area (Å²) >= 11 is 3.51. The Bertz CT molecular complexity index is 409. The van der Waals surface area contributed by atoms with E-state index < -0.39 is 0 Å². The molecule has 2 N–H and O–H groups in total. The summed E-state index contributed by atoms with van der Waals surface area (Å²) in [6, 6.07) is 2.14. The van der Waals surface area contributed by atoms with Crippen molar-refractivity contribution in [3.63, 3.8) is 0 Å². The number of aromatic nitrogens is 1. The van der Waals surface area contributed by atoms with Gasteiger partial charge in [-0.1, -0.05) is 26.7 Å². The van der Waals surface area contributed by atoms with Gasteiger partial charge < -0.3 is 10.6 Å². The zero-order valence-corrected chi connectivity index (χ0v) is 15.0. The van der Waals surface area contributed by atoms with Gasteiger partial charge in [0.1, 0.15) is 5.82 Å². The molecule has 114 valence electrons. The van der Waals surface area contributed by atoms with Crippen LogP contribution < -0.4 is 10.6 Å².